The molecule has 4 rings (SSSR count). The van der Waals surface area contributed by atoms with Gasteiger partial charge in [-0.15, -0.1) is 24.8 Å². The van der Waals surface area contributed by atoms with Gasteiger partial charge in [0.05, 0.1) is 24.2 Å². The van der Waals surface area contributed by atoms with Crippen LogP contribution in [-0.2, 0) is 40.0 Å². The van der Waals surface area contributed by atoms with Crippen molar-refractivity contribution >= 4 is 66.0 Å². The SMILES string of the molecule is CN[C@@H](C)C(=O)N[C@H](C(=O)N1C[C@@H](CC(=O)CC[C@@H](NC(=O)[C@H](NC(=O)[C@@H](C)NC)C(C)(C)C)C(=O)N[C@H]2CCCc3ccccc32)C[C@H]1C(=O)N[C@H](C)c1ccccc1)C(C)C.Cl.Cl. The van der Waals surface area contributed by atoms with Gasteiger partial charge in [-0.2, -0.15) is 0 Å². The Hall–Kier alpha value is -4.57. The van der Waals surface area contributed by atoms with Crippen molar-refractivity contribution in [2.75, 3.05) is 20.6 Å². The van der Waals surface area contributed by atoms with E-state index in [2.05, 4.69) is 37.2 Å². The molecule has 65 heavy (non-hydrogen) atoms. The van der Waals surface area contributed by atoms with Gasteiger partial charge in [-0.3, -0.25) is 33.6 Å². The zero-order valence-electron chi connectivity index (χ0n) is 39.7. The average Bonchev–Trinajstić information content (AvgIpc) is 3.68. The summed E-state index contributed by atoms with van der Waals surface area (Å²) in [7, 11) is 3.30. The van der Waals surface area contributed by atoms with Gasteiger partial charge in [0.2, 0.25) is 35.4 Å². The normalized spacial score (nSPS) is 19.6. The van der Waals surface area contributed by atoms with E-state index in [1.807, 2.05) is 96.1 Å². The minimum absolute atomic E-state index is 0. The summed E-state index contributed by atoms with van der Waals surface area (Å²) in [6.07, 6.45) is 2.66. The van der Waals surface area contributed by atoms with Crippen LogP contribution < -0.4 is 37.2 Å². The lowest BCUT2D eigenvalue weighted by atomic mass is 9.85. The Bertz CT molecular complexity index is 1930. The molecule has 0 aromatic heterocycles. The summed E-state index contributed by atoms with van der Waals surface area (Å²) in [4.78, 5) is 98.0. The van der Waals surface area contributed by atoms with E-state index >= 15 is 0 Å². The largest absolute Gasteiger partial charge is 0.348 e. The smallest absolute Gasteiger partial charge is 0.246 e. The predicted octanol–water partition coefficient (Wildman–Crippen LogP) is 4.23. The third-order valence-corrected chi connectivity index (χ3v) is 12.5. The number of nitrogens with zero attached hydrogens (tertiary/aromatic N) is 1. The van der Waals surface area contributed by atoms with E-state index in [0.29, 0.717) is 0 Å². The maximum absolute atomic E-state index is 14.3. The quantitative estimate of drug-likeness (QED) is 0.101. The molecule has 0 unspecified atom stereocenters. The Balaban J connectivity index is 0.00000726. The van der Waals surface area contributed by atoms with E-state index in [4.69, 9.17) is 0 Å². The fraction of sp³-hybridized carbons (Fsp3) is 0.604. The van der Waals surface area contributed by atoms with E-state index in [1.54, 1.807) is 27.9 Å². The average molecular weight is 946 g/mol. The van der Waals surface area contributed by atoms with Crippen LogP contribution in [0.1, 0.15) is 123 Å². The summed E-state index contributed by atoms with van der Waals surface area (Å²) in [6, 6.07) is 11.8. The predicted molar refractivity (Wildman–Crippen MR) is 257 cm³/mol. The van der Waals surface area contributed by atoms with Crippen LogP contribution in [0.5, 0.6) is 0 Å². The van der Waals surface area contributed by atoms with Gasteiger partial charge in [0.15, 0.2) is 0 Å². The van der Waals surface area contributed by atoms with E-state index < -0.39 is 59.4 Å². The van der Waals surface area contributed by atoms with Crippen molar-refractivity contribution in [3.8, 4) is 0 Å². The fourth-order valence-corrected chi connectivity index (χ4v) is 8.30. The molecule has 1 fully saturated rings. The fourth-order valence-electron chi connectivity index (χ4n) is 8.30. The Morgan fingerprint density at radius 3 is 1.94 bits per heavy atom. The Morgan fingerprint density at radius 1 is 0.738 bits per heavy atom. The summed E-state index contributed by atoms with van der Waals surface area (Å²) in [5.41, 5.74) is 2.35. The number of carbonyl (C=O) groups excluding carboxylic acids is 7. The maximum Gasteiger partial charge on any atom is 0.246 e. The number of fused-ring (bicyclic) bond motifs is 1. The van der Waals surface area contributed by atoms with Gasteiger partial charge in [0.25, 0.3) is 0 Å². The number of ketones is 1. The highest BCUT2D eigenvalue weighted by molar-refractivity contribution is 5.95. The molecule has 1 aliphatic heterocycles. The Kier molecular flexibility index (Phi) is 22.6. The van der Waals surface area contributed by atoms with Crippen LogP contribution in [0.4, 0.5) is 0 Å². The summed E-state index contributed by atoms with van der Waals surface area (Å²) in [5, 5.41) is 20.6. The Labute approximate surface area is 398 Å². The first kappa shape index (κ1) is 56.6. The molecule has 2 aliphatic rings. The number of likely N-dealkylation sites (N-methyl/N-ethyl adjacent to an activating group) is 2. The first-order valence-corrected chi connectivity index (χ1v) is 22.6. The number of Topliss-reactive ketones (excluding diaryl/α,β-unsaturated/α-hetero) is 1. The van der Waals surface area contributed by atoms with Crippen molar-refractivity contribution in [1.29, 1.82) is 0 Å². The number of hydrogen-bond acceptors (Lipinski definition) is 9. The zero-order chi connectivity index (χ0) is 46.6. The molecule has 362 valence electrons. The molecule has 1 heterocycles. The van der Waals surface area contributed by atoms with E-state index in [0.717, 1.165) is 36.0 Å². The van der Waals surface area contributed by atoms with Gasteiger partial charge < -0.3 is 42.1 Å². The standard InChI is InChI=1S/C48H72N8O7.2ClH/c1-28(2)40(54-42(58)30(4)49-9)47(63)56-27-32(26-39(56)45(61)51-29(3)33-17-12-11-13-18-33)25-35(57)23-24-38(44(60)52-37-22-16-20-34-19-14-15-21-36(34)37)53-46(62)41(48(6,7)8)55-43(59)31(5)50-10;;/h11-15,17-19,21,28-32,37-41,49-50H,16,20,22-27H2,1-10H3,(H,51,61)(H,52,60)(H,53,62)(H,54,58)(H,55,59);2*1H/t29-,30+,31-,32+,37+,38-,39+,40+,41+;;/m1../s1. The number of hydrogen-bond donors (Lipinski definition) is 7. The zero-order valence-corrected chi connectivity index (χ0v) is 41.4. The minimum atomic E-state index is -1.10. The molecule has 0 bridgehead atoms. The first-order valence-electron chi connectivity index (χ1n) is 22.6. The molecule has 17 heteroatoms. The molecule has 0 radical (unpaired) electrons. The highest BCUT2D eigenvalue weighted by atomic mass is 35.5. The first-order chi connectivity index (χ1) is 29.7. The molecule has 9 atom stereocenters. The molecule has 1 saturated heterocycles. The Morgan fingerprint density at radius 2 is 1.34 bits per heavy atom. The molecule has 2 aromatic carbocycles. The van der Waals surface area contributed by atoms with E-state index in [1.165, 1.54) is 4.90 Å². The summed E-state index contributed by atoms with van der Waals surface area (Å²) in [5.74, 6) is -3.35. The number of carbonyl (C=O) groups is 7. The number of nitrogens with one attached hydrogen (secondary N) is 7. The van der Waals surface area contributed by atoms with E-state index in [-0.39, 0.29) is 104 Å². The second-order valence-corrected chi connectivity index (χ2v) is 18.8. The van der Waals surface area contributed by atoms with E-state index in [9.17, 15) is 33.6 Å². The molecule has 15 nitrogen and oxygen atoms in total. The van der Waals surface area contributed by atoms with Gasteiger partial charge in [0.1, 0.15) is 30.0 Å². The van der Waals surface area contributed by atoms with Gasteiger partial charge >= 0.3 is 0 Å². The second-order valence-electron chi connectivity index (χ2n) is 18.8. The van der Waals surface area contributed by atoms with Crippen molar-refractivity contribution in [2.24, 2.45) is 17.3 Å². The lowest BCUT2D eigenvalue weighted by Crippen LogP contribution is -2.59. The molecule has 2 aromatic rings. The van der Waals surface area contributed by atoms with Crippen LogP contribution >= 0.6 is 24.8 Å². The number of rotatable bonds is 20. The third-order valence-electron chi connectivity index (χ3n) is 12.5. The van der Waals surface area contributed by atoms with Gasteiger partial charge in [0, 0.05) is 19.4 Å². The maximum atomic E-state index is 14.3. The van der Waals surface area contributed by atoms with Gasteiger partial charge in [-0.25, -0.2) is 0 Å². The molecule has 0 spiro atoms. The third kappa shape index (κ3) is 15.8. The lowest BCUT2D eigenvalue weighted by Gasteiger charge is -2.33. The molecule has 1 aliphatic carbocycles. The van der Waals surface area contributed by atoms with Crippen LogP contribution in [0, 0.1) is 17.3 Å². The molecular weight excluding hydrogens is 871 g/mol. The number of benzene rings is 2. The lowest BCUT2D eigenvalue weighted by molar-refractivity contribution is -0.142. The van der Waals surface area contributed by atoms with Crippen LogP contribution in [0.3, 0.4) is 0 Å². The van der Waals surface area contributed by atoms with Crippen molar-refractivity contribution in [1.82, 2.24) is 42.1 Å². The number of amides is 6. The van der Waals surface area contributed by atoms with Crippen LogP contribution in [0.2, 0.25) is 0 Å². The van der Waals surface area contributed by atoms with Gasteiger partial charge in [-0.1, -0.05) is 89.2 Å². The number of likely N-dealkylation sites (tertiary alicyclic amines) is 1. The van der Waals surface area contributed by atoms with Crippen molar-refractivity contribution in [3.05, 3.63) is 71.3 Å². The summed E-state index contributed by atoms with van der Waals surface area (Å²) >= 11 is 0. The minimum Gasteiger partial charge on any atom is -0.348 e. The molecule has 6 amide bonds. The molecular formula is C48H74Cl2N8O7. The van der Waals surface area contributed by atoms with Crippen LogP contribution in [-0.4, -0.2) is 103 Å². The number of aryl methyl sites for hydroxylation is 1. The molecule has 7 N–H and O–H groups in total. The molecule has 0 saturated carbocycles. The number of halogens is 2. The van der Waals surface area contributed by atoms with Crippen LogP contribution in [0.25, 0.3) is 0 Å². The monoisotopic (exact) mass is 945 g/mol. The highest BCUT2D eigenvalue weighted by Gasteiger charge is 2.44. The second kappa shape index (κ2) is 25.9. The van der Waals surface area contributed by atoms with Crippen molar-refractivity contribution < 1.29 is 33.6 Å². The highest BCUT2D eigenvalue weighted by Crippen LogP contribution is 2.31. The summed E-state index contributed by atoms with van der Waals surface area (Å²) in [6.45, 7) is 14.5. The van der Waals surface area contributed by atoms with Crippen LogP contribution in [0.15, 0.2) is 54.6 Å². The van der Waals surface area contributed by atoms with Crippen molar-refractivity contribution in [2.45, 2.75) is 149 Å². The summed E-state index contributed by atoms with van der Waals surface area (Å²) < 4.78 is 0. The topological polar surface area (TPSA) is 207 Å². The van der Waals surface area contributed by atoms with Crippen molar-refractivity contribution in [3.63, 3.8) is 0 Å². The van der Waals surface area contributed by atoms with Gasteiger partial charge in [-0.05, 0) is 101 Å².